The van der Waals surface area contributed by atoms with Gasteiger partial charge in [0, 0.05) is 18.8 Å². The Morgan fingerprint density at radius 3 is 2.56 bits per heavy atom. The fourth-order valence-electron chi connectivity index (χ4n) is 4.09. The van der Waals surface area contributed by atoms with Gasteiger partial charge in [-0.3, -0.25) is 19.3 Å². The van der Waals surface area contributed by atoms with Crippen LogP contribution in [0.3, 0.4) is 0 Å². The van der Waals surface area contributed by atoms with Crippen LogP contribution in [0.1, 0.15) is 61.7 Å². The average Bonchev–Trinajstić information content (AvgIpc) is 3.59. The predicted molar refractivity (Wildman–Crippen MR) is 136 cm³/mol. The van der Waals surface area contributed by atoms with E-state index >= 15 is 0 Å². The average molecular weight is 512 g/mol. The number of amides is 3. The third kappa shape index (κ3) is 5.12. The number of carbonyl (C=O) groups excluding carboxylic acids is 3. The van der Waals surface area contributed by atoms with Gasteiger partial charge in [-0.1, -0.05) is 6.07 Å². The Morgan fingerprint density at radius 1 is 1.19 bits per heavy atom. The Balaban J connectivity index is 1.81. The minimum atomic E-state index is -1.16. The molecule has 11 heteroatoms. The lowest BCUT2D eigenvalue weighted by molar-refractivity contribution is -0.123. The number of primary amides is 1. The maximum Gasteiger partial charge on any atom is 0.273 e. The normalized spacial score (nSPS) is 16.0. The van der Waals surface area contributed by atoms with Gasteiger partial charge >= 0.3 is 0 Å². The molecule has 4 rings (SSSR count). The lowest BCUT2D eigenvalue weighted by Gasteiger charge is -2.30. The van der Waals surface area contributed by atoms with Crippen LogP contribution in [0.4, 0.5) is 11.4 Å². The highest BCUT2D eigenvalue weighted by atomic mass is 32.1. The molecule has 5 N–H and O–H groups in total. The van der Waals surface area contributed by atoms with Crippen molar-refractivity contribution in [2.45, 2.75) is 45.8 Å². The number of furan rings is 1. The Bertz CT molecular complexity index is 1290. The van der Waals surface area contributed by atoms with Crippen LogP contribution in [0.25, 0.3) is 0 Å². The number of hydrogen-bond acceptors (Lipinski definition) is 8. The number of benzene rings is 1. The molecule has 1 aliphatic rings. The number of nitrogens with zero attached hydrogens (tertiary/aromatic N) is 2. The Labute approximate surface area is 212 Å². The van der Waals surface area contributed by atoms with Crippen LogP contribution in [0, 0.1) is 20.8 Å². The van der Waals surface area contributed by atoms with Gasteiger partial charge in [0.25, 0.3) is 17.7 Å². The topological polar surface area (TPSA) is 154 Å². The van der Waals surface area contributed by atoms with Crippen molar-refractivity contribution in [3.05, 3.63) is 63.6 Å². The zero-order valence-electron chi connectivity index (χ0n) is 20.4. The van der Waals surface area contributed by atoms with Gasteiger partial charge in [0.05, 0.1) is 11.8 Å². The molecule has 190 valence electrons. The van der Waals surface area contributed by atoms with Crippen LogP contribution in [-0.4, -0.2) is 41.4 Å². The third-order valence-corrected chi connectivity index (χ3v) is 7.06. The van der Waals surface area contributed by atoms with E-state index < -0.39 is 23.8 Å². The van der Waals surface area contributed by atoms with Crippen molar-refractivity contribution in [2.24, 2.45) is 5.73 Å². The Kier molecular flexibility index (Phi) is 7.41. The Hall–Kier alpha value is -3.70. The first-order valence-electron chi connectivity index (χ1n) is 11.6. The van der Waals surface area contributed by atoms with Crippen LogP contribution < -0.4 is 21.7 Å². The maximum atomic E-state index is 14.0. The number of aromatic nitrogens is 1. The molecule has 1 fully saturated rings. The number of aryl methyl sites for hydroxylation is 3. The minimum Gasteiger partial charge on any atom is -0.464 e. The summed E-state index contributed by atoms with van der Waals surface area (Å²) in [5.41, 5.74) is 13.6. The molecule has 0 aliphatic carbocycles. The molecule has 10 nitrogen and oxygen atoms in total. The summed E-state index contributed by atoms with van der Waals surface area (Å²) < 4.78 is 15.5. The lowest BCUT2D eigenvalue weighted by atomic mass is 10.1. The molecule has 3 amide bonds. The molecule has 1 saturated heterocycles. The number of ether oxygens (including phenoxy) is 1. The molecule has 1 aliphatic heterocycles. The van der Waals surface area contributed by atoms with Crippen molar-refractivity contribution in [3.63, 3.8) is 0 Å². The molecule has 0 saturated carbocycles. The Morgan fingerprint density at radius 2 is 1.97 bits per heavy atom. The fraction of sp³-hybridized carbons (Fsp3) is 0.360. The summed E-state index contributed by atoms with van der Waals surface area (Å²) in [6.45, 7) is 6.58. The second-order valence-corrected chi connectivity index (χ2v) is 9.59. The van der Waals surface area contributed by atoms with E-state index in [1.54, 1.807) is 25.1 Å². The summed E-state index contributed by atoms with van der Waals surface area (Å²) in [5.74, 6) is -1.02. The molecule has 0 bridgehead atoms. The van der Waals surface area contributed by atoms with Crippen LogP contribution in [0.5, 0.6) is 0 Å². The summed E-state index contributed by atoms with van der Waals surface area (Å²) in [7, 11) is 0. The SMILES string of the molecule is Cc1ccc([C@H](C(=O)NC[C@H]2CCCO2)N(C(=O)c2snc(C(N)=O)c2N)c2ccc(C)c(C)c2)o1. The van der Waals surface area contributed by atoms with E-state index in [9.17, 15) is 14.4 Å². The second kappa shape index (κ2) is 10.5. The first kappa shape index (κ1) is 25.4. The van der Waals surface area contributed by atoms with E-state index in [0.29, 0.717) is 24.6 Å². The van der Waals surface area contributed by atoms with E-state index in [1.165, 1.54) is 4.90 Å². The fourth-order valence-corrected chi connectivity index (χ4v) is 4.83. The highest BCUT2D eigenvalue weighted by Gasteiger charge is 2.38. The van der Waals surface area contributed by atoms with Gasteiger partial charge in [0.1, 0.15) is 16.4 Å². The number of nitrogen functional groups attached to an aromatic ring is 1. The number of anilines is 2. The first-order valence-corrected chi connectivity index (χ1v) is 12.4. The molecule has 3 aromatic rings. The first-order chi connectivity index (χ1) is 17.2. The van der Waals surface area contributed by atoms with Crippen LogP contribution >= 0.6 is 11.5 Å². The number of nitrogens with one attached hydrogen (secondary N) is 1. The molecule has 36 heavy (non-hydrogen) atoms. The largest absolute Gasteiger partial charge is 0.464 e. The van der Waals surface area contributed by atoms with E-state index in [2.05, 4.69) is 9.69 Å². The van der Waals surface area contributed by atoms with Crippen LogP contribution in [0.15, 0.2) is 34.7 Å². The molecular formula is C25H29N5O5S. The van der Waals surface area contributed by atoms with Gasteiger partial charge in [0.2, 0.25) is 0 Å². The molecule has 2 atom stereocenters. The van der Waals surface area contributed by atoms with E-state index in [1.807, 2.05) is 26.0 Å². The van der Waals surface area contributed by atoms with Crippen molar-refractivity contribution in [1.82, 2.24) is 9.69 Å². The molecule has 2 aromatic heterocycles. The van der Waals surface area contributed by atoms with Gasteiger partial charge in [-0.05, 0) is 80.5 Å². The number of rotatable bonds is 8. The van der Waals surface area contributed by atoms with Gasteiger partial charge in [0.15, 0.2) is 11.7 Å². The molecule has 0 unspecified atom stereocenters. The smallest absolute Gasteiger partial charge is 0.273 e. The van der Waals surface area contributed by atoms with Crippen molar-refractivity contribution < 1.29 is 23.5 Å². The summed E-state index contributed by atoms with van der Waals surface area (Å²) in [6, 6.07) is 7.67. The third-order valence-electron chi connectivity index (χ3n) is 6.21. The van der Waals surface area contributed by atoms with Crippen molar-refractivity contribution >= 4 is 40.6 Å². The lowest BCUT2D eigenvalue weighted by Crippen LogP contribution is -2.45. The van der Waals surface area contributed by atoms with Gasteiger partial charge in [-0.2, -0.15) is 4.37 Å². The summed E-state index contributed by atoms with van der Waals surface area (Å²) >= 11 is 0.757. The monoisotopic (exact) mass is 511 g/mol. The standard InChI is InChI=1S/C25H29N5O5S/c1-13-6-8-16(11-14(13)2)30(25(33)22-19(26)20(23(27)31)29-36-22)21(18-9-7-15(3)35-18)24(32)28-12-17-5-4-10-34-17/h6-9,11,17,21H,4-5,10,12,26H2,1-3H3,(H2,27,31)(H,28,32)/t17-,21-/m1/s1. The molecule has 0 radical (unpaired) electrons. The number of carbonyl (C=O) groups is 3. The minimum absolute atomic E-state index is 0.00207. The molecule has 1 aromatic carbocycles. The van der Waals surface area contributed by atoms with Crippen LogP contribution in [-0.2, 0) is 9.53 Å². The van der Waals surface area contributed by atoms with Gasteiger partial charge in [-0.25, -0.2) is 0 Å². The zero-order chi connectivity index (χ0) is 26.0. The highest BCUT2D eigenvalue weighted by Crippen LogP contribution is 2.34. The molecule has 0 spiro atoms. The molecule has 3 heterocycles. The number of hydrogen-bond donors (Lipinski definition) is 3. The van der Waals surface area contributed by atoms with Crippen molar-refractivity contribution in [3.8, 4) is 0 Å². The summed E-state index contributed by atoms with van der Waals surface area (Å²) in [4.78, 5) is 40.7. The van der Waals surface area contributed by atoms with Crippen molar-refractivity contribution in [1.29, 1.82) is 0 Å². The van der Waals surface area contributed by atoms with Gasteiger partial charge < -0.3 is 25.9 Å². The second-order valence-electron chi connectivity index (χ2n) is 8.81. The summed E-state index contributed by atoms with van der Waals surface area (Å²) in [5, 5.41) is 2.92. The van der Waals surface area contributed by atoms with Gasteiger partial charge in [-0.15, -0.1) is 0 Å². The van der Waals surface area contributed by atoms with Crippen LogP contribution in [0.2, 0.25) is 0 Å². The summed E-state index contributed by atoms with van der Waals surface area (Å²) in [6.07, 6.45) is 1.69. The predicted octanol–water partition coefficient (Wildman–Crippen LogP) is 3.03. The van der Waals surface area contributed by atoms with Crippen molar-refractivity contribution in [2.75, 3.05) is 23.8 Å². The van der Waals surface area contributed by atoms with E-state index in [-0.39, 0.29) is 28.1 Å². The zero-order valence-corrected chi connectivity index (χ0v) is 21.2. The van der Waals surface area contributed by atoms with E-state index in [4.69, 9.17) is 20.6 Å². The van der Waals surface area contributed by atoms with E-state index in [0.717, 1.165) is 35.5 Å². The maximum absolute atomic E-state index is 14.0. The quantitative estimate of drug-likeness (QED) is 0.420. The molecular weight excluding hydrogens is 482 g/mol. The number of nitrogens with two attached hydrogens (primary N) is 2. The highest BCUT2D eigenvalue weighted by molar-refractivity contribution is 7.09.